The second-order valence-electron chi connectivity index (χ2n) is 12.2. The minimum atomic E-state index is -0.484. The lowest BCUT2D eigenvalue weighted by Crippen LogP contribution is -2.11. The maximum absolute atomic E-state index is 13.5. The second kappa shape index (κ2) is 17.2. The molecule has 0 fully saturated rings. The third-order valence-corrected chi connectivity index (χ3v) is 8.20. The number of phenols is 1. The Balaban J connectivity index is 0.828. The van der Waals surface area contributed by atoms with E-state index in [0.717, 1.165) is 41.8 Å². The van der Waals surface area contributed by atoms with Gasteiger partial charge in [0.25, 0.3) is 0 Å². The van der Waals surface area contributed by atoms with E-state index in [1.807, 2.05) is 37.4 Å². The van der Waals surface area contributed by atoms with Crippen molar-refractivity contribution in [3.8, 4) is 28.6 Å². The molecule has 10 nitrogen and oxygen atoms in total. The first kappa shape index (κ1) is 35.7. The van der Waals surface area contributed by atoms with Crippen molar-refractivity contribution in [3.05, 3.63) is 142 Å². The van der Waals surface area contributed by atoms with E-state index >= 15 is 0 Å². The van der Waals surface area contributed by atoms with E-state index in [1.165, 1.54) is 30.3 Å². The molecule has 0 unspecified atom stereocenters. The van der Waals surface area contributed by atoms with Crippen LogP contribution in [0.1, 0.15) is 40.0 Å². The van der Waals surface area contributed by atoms with Gasteiger partial charge in [0, 0.05) is 17.8 Å². The van der Waals surface area contributed by atoms with Gasteiger partial charge in [-0.2, -0.15) is 0 Å². The van der Waals surface area contributed by atoms with Crippen LogP contribution >= 0.6 is 0 Å². The Morgan fingerprint density at radius 3 is 2.44 bits per heavy atom. The van der Waals surface area contributed by atoms with Crippen LogP contribution in [0.15, 0.2) is 112 Å². The monoisotopic (exact) mass is 703 g/mol. The molecular formula is C41H38FN3O7. The summed E-state index contributed by atoms with van der Waals surface area (Å²) in [4.78, 5) is 24.8. The number of fused-ring (bicyclic) bond motifs is 1. The van der Waals surface area contributed by atoms with Gasteiger partial charge >= 0.3 is 0 Å². The smallest absolute Gasteiger partial charge is 0.193 e. The zero-order valence-corrected chi connectivity index (χ0v) is 28.7. The van der Waals surface area contributed by atoms with Gasteiger partial charge in [0.15, 0.2) is 11.2 Å². The Kier molecular flexibility index (Phi) is 11.8. The molecule has 0 radical (unpaired) electrons. The van der Waals surface area contributed by atoms with Crippen LogP contribution in [0.5, 0.6) is 17.2 Å². The molecule has 11 heteroatoms. The largest absolute Gasteiger partial charge is 0.507 e. The molecule has 4 aromatic carbocycles. The number of aromatic nitrogens is 3. The molecule has 6 aromatic rings. The number of rotatable bonds is 17. The van der Waals surface area contributed by atoms with Crippen molar-refractivity contribution in [3.63, 3.8) is 0 Å². The highest BCUT2D eigenvalue weighted by Crippen LogP contribution is 2.25. The van der Waals surface area contributed by atoms with Crippen molar-refractivity contribution in [1.82, 2.24) is 15.0 Å². The van der Waals surface area contributed by atoms with Gasteiger partial charge in [0.05, 0.1) is 43.0 Å². The number of hydrogen-bond acceptors (Lipinski definition) is 9. The maximum atomic E-state index is 13.5. The average Bonchev–Trinajstić information content (AvgIpc) is 3.60. The Morgan fingerprint density at radius 2 is 1.65 bits per heavy atom. The predicted molar refractivity (Wildman–Crippen MR) is 195 cm³/mol. The second-order valence-corrected chi connectivity index (χ2v) is 12.2. The van der Waals surface area contributed by atoms with E-state index in [0.29, 0.717) is 55.6 Å². The number of phenolic OH excluding ortho intramolecular Hbond substituents is 1. The standard InChI is InChI=1S/C41H38FN3O7/c1-28-5-16-35(38(47)24-28)37(46)17-8-29-6-12-33(13-7-29)50-20-3-2-4-32-27-45(44-43-32)19-21-49-22-23-51-34-14-9-30(10-15-34)41-26-39(48)36-25-31(42)11-18-40(36)52-41/h5-18,24-27,47H,2-4,19-23H2,1H3/b17-8+. The van der Waals surface area contributed by atoms with Crippen molar-refractivity contribution >= 4 is 22.8 Å². The number of nitrogens with zero attached hydrogens (tertiary/aromatic N) is 3. The molecule has 0 saturated heterocycles. The summed E-state index contributed by atoms with van der Waals surface area (Å²) in [7, 11) is 0. The molecule has 266 valence electrons. The number of carbonyl (C=O) groups is 1. The third kappa shape index (κ3) is 9.79. The van der Waals surface area contributed by atoms with Gasteiger partial charge in [-0.25, -0.2) is 9.07 Å². The van der Waals surface area contributed by atoms with Gasteiger partial charge in [-0.3, -0.25) is 9.59 Å². The van der Waals surface area contributed by atoms with Crippen molar-refractivity contribution in [2.24, 2.45) is 0 Å². The summed E-state index contributed by atoms with van der Waals surface area (Å²) in [5, 5.41) is 18.7. The fraction of sp³-hybridized carbons (Fsp3) is 0.220. The predicted octanol–water partition coefficient (Wildman–Crippen LogP) is 7.60. The number of ether oxygens (including phenoxy) is 3. The highest BCUT2D eigenvalue weighted by Gasteiger charge is 2.10. The highest BCUT2D eigenvalue weighted by molar-refractivity contribution is 6.08. The highest BCUT2D eigenvalue weighted by atomic mass is 19.1. The van der Waals surface area contributed by atoms with Crippen LogP contribution in [0, 0.1) is 12.7 Å². The zero-order chi connectivity index (χ0) is 36.3. The molecule has 0 bridgehead atoms. The molecule has 6 rings (SSSR count). The topological polar surface area (TPSA) is 126 Å². The van der Waals surface area contributed by atoms with E-state index in [9.17, 15) is 19.1 Å². The lowest BCUT2D eigenvalue weighted by molar-refractivity contribution is 0.0923. The summed E-state index contributed by atoms with van der Waals surface area (Å²) in [6.45, 7) is 4.23. The van der Waals surface area contributed by atoms with Crippen molar-refractivity contribution in [2.75, 3.05) is 26.4 Å². The van der Waals surface area contributed by atoms with Crippen LogP contribution in [0.3, 0.4) is 0 Å². The number of allylic oxidation sites excluding steroid dienone is 1. The summed E-state index contributed by atoms with van der Waals surface area (Å²) in [6, 6.07) is 24.9. The van der Waals surface area contributed by atoms with Crippen LogP contribution < -0.4 is 14.9 Å². The first-order valence-corrected chi connectivity index (χ1v) is 17.0. The SMILES string of the molecule is Cc1ccc(C(=O)/C=C/c2ccc(OCCCCc3cn(CCOCCOc4ccc(-c5cc(=O)c6cc(F)ccc6o5)cc4)nn3)cc2)c(O)c1. The molecule has 0 saturated carbocycles. The van der Waals surface area contributed by atoms with Crippen LogP contribution in [0.25, 0.3) is 28.4 Å². The quantitative estimate of drug-likeness (QED) is 0.0581. The van der Waals surface area contributed by atoms with Crippen LogP contribution in [-0.2, 0) is 17.7 Å². The molecule has 2 aromatic heterocycles. The number of aryl methyl sites for hydroxylation is 2. The van der Waals surface area contributed by atoms with E-state index in [1.54, 1.807) is 53.2 Å². The molecular weight excluding hydrogens is 665 g/mol. The number of unbranched alkanes of at least 4 members (excludes halogenated alkanes) is 1. The van der Waals surface area contributed by atoms with Gasteiger partial charge in [0.2, 0.25) is 0 Å². The molecule has 0 spiro atoms. The van der Waals surface area contributed by atoms with Crippen LogP contribution in [0.2, 0.25) is 0 Å². The number of benzene rings is 4. The number of ketones is 1. The fourth-order valence-electron chi connectivity index (χ4n) is 5.41. The van der Waals surface area contributed by atoms with Crippen molar-refractivity contribution < 1.29 is 32.9 Å². The zero-order valence-electron chi connectivity index (χ0n) is 28.7. The molecule has 52 heavy (non-hydrogen) atoms. The Hall–Kier alpha value is -6.07. The van der Waals surface area contributed by atoms with Gasteiger partial charge < -0.3 is 23.7 Å². The molecule has 2 heterocycles. The Morgan fingerprint density at radius 1 is 0.885 bits per heavy atom. The third-order valence-electron chi connectivity index (χ3n) is 8.20. The Labute approximate surface area is 299 Å². The van der Waals surface area contributed by atoms with Gasteiger partial charge in [-0.1, -0.05) is 29.5 Å². The summed E-state index contributed by atoms with van der Waals surface area (Å²) in [5.41, 5.74) is 3.66. The average molecular weight is 704 g/mol. The summed E-state index contributed by atoms with van der Waals surface area (Å²) in [6.07, 6.45) is 7.64. The number of hydrogen-bond donors (Lipinski definition) is 1. The lowest BCUT2D eigenvalue weighted by Gasteiger charge is -2.08. The Bertz CT molecular complexity index is 2210. The molecule has 0 aliphatic heterocycles. The number of carbonyl (C=O) groups excluding carboxylic acids is 1. The van der Waals surface area contributed by atoms with E-state index < -0.39 is 5.82 Å². The first-order valence-electron chi connectivity index (χ1n) is 17.0. The van der Waals surface area contributed by atoms with Gasteiger partial charge in [-0.15, -0.1) is 5.10 Å². The summed E-state index contributed by atoms with van der Waals surface area (Å²) in [5.74, 6) is 1.04. The minimum absolute atomic E-state index is 0.0195. The van der Waals surface area contributed by atoms with Crippen LogP contribution in [-0.4, -0.2) is 52.3 Å². The minimum Gasteiger partial charge on any atom is -0.507 e. The van der Waals surface area contributed by atoms with Gasteiger partial charge in [-0.05, 0) is 110 Å². The van der Waals surface area contributed by atoms with E-state index in [4.69, 9.17) is 18.6 Å². The molecule has 0 aliphatic carbocycles. The summed E-state index contributed by atoms with van der Waals surface area (Å²) < 4.78 is 38.4. The fourth-order valence-corrected chi connectivity index (χ4v) is 5.41. The number of halogens is 1. The normalized spacial score (nSPS) is 11.3. The maximum Gasteiger partial charge on any atom is 0.193 e. The van der Waals surface area contributed by atoms with Crippen LogP contribution in [0.4, 0.5) is 4.39 Å². The lowest BCUT2D eigenvalue weighted by atomic mass is 10.1. The van der Waals surface area contributed by atoms with E-state index in [2.05, 4.69) is 10.3 Å². The molecule has 0 atom stereocenters. The van der Waals surface area contributed by atoms with Crippen molar-refractivity contribution in [1.29, 1.82) is 0 Å². The van der Waals surface area contributed by atoms with Gasteiger partial charge in [0.1, 0.15) is 41.0 Å². The molecule has 0 aliphatic rings. The first-order chi connectivity index (χ1) is 25.3. The van der Waals surface area contributed by atoms with E-state index in [-0.39, 0.29) is 27.9 Å². The van der Waals surface area contributed by atoms with Crippen molar-refractivity contribution in [2.45, 2.75) is 32.7 Å². The molecule has 1 N–H and O–H groups in total. The number of aromatic hydroxyl groups is 1. The molecule has 0 amide bonds. The summed E-state index contributed by atoms with van der Waals surface area (Å²) >= 11 is 0.